The zero-order valence-corrected chi connectivity index (χ0v) is 11.5. The van der Waals surface area contributed by atoms with Crippen LogP contribution in [0.4, 0.5) is 0 Å². The molecular weight excluding hydrogens is 206 g/mol. The van der Waals surface area contributed by atoms with Gasteiger partial charge in [-0.3, -0.25) is 0 Å². The van der Waals surface area contributed by atoms with Gasteiger partial charge in [-0.15, -0.1) is 0 Å². The number of hydrogen-bond donors (Lipinski definition) is 1. The molecule has 1 aliphatic rings. The maximum absolute atomic E-state index is 3.60. The molecule has 2 rings (SSSR count). The molecule has 96 valence electrons. The molecule has 1 heterocycles. The second-order valence-corrected chi connectivity index (χ2v) is 5.64. The van der Waals surface area contributed by atoms with Gasteiger partial charge in [0.05, 0.1) is 0 Å². The Kier molecular flexibility index (Phi) is 4.70. The summed E-state index contributed by atoms with van der Waals surface area (Å²) in [5, 5.41) is 0. The molecule has 1 aromatic heterocycles. The lowest BCUT2D eigenvalue weighted by Crippen LogP contribution is -1.98. The van der Waals surface area contributed by atoms with Crippen LogP contribution in [-0.2, 0) is 6.42 Å². The van der Waals surface area contributed by atoms with E-state index in [0.717, 1.165) is 5.92 Å². The van der Waals surface area contributed by atoms with E-state index in [2.05, 4.69) is 24.9 Å². The Balaban J connectivity index is 2.14. The molecular formula is C16H27N. The van der Waals surface area contributed by atoms with Crippen molar-refractivity contribution in [1.29, 1.82) is 0 Å². The van der Waals surface area contributed by atoms with E-state index < -0.39 is 0 Å². The van der Waals surface area contributed by atoms with Gasteiger partial charge in [0, 0.05) is 11.4 Å². The first-order chi connectivity index (χ1) is 8.31. The number of H-pyrrole nitrogens is 1. The van der Waals surface area contributed by atoms with Crippen molar-refractivity contribution < 1.29 is 0 Å². The number of aromatic nitrogens is 1. The lowest BCUT2D eigenvalue weighted by Gasteiger charge is -2.15. The number of nitrogens with one attached hydrogen (secondary N) is 1. The molecule has 0 aliphatic heterocycles. The summed E-state index contributed by atoms with van der Waals surface area (Å²) in [6, 6.07) is 2.45. The van der Waals surface area contributed by atoms with Crippen LogP contribution in [0.25, 0.3) is 0 Å². The third kappa shape index (κ3) is 3.37. The summed E-state index contributed by atoms with van der Waals surface area (Å²) in [7, 11) is 0. The van der Waals surface area contributed by atoms with Crippen LogP contribution < -0.4 is 0 Å². The largest absolute Gasteiger partial charge is 0.362 e. The van der Waals surface area contributed by atoms with Crippen molar-refractivity contribution in [3.8, 4) is 0 Å². The van der Waals surface area contributed by atoms with E-state index in [1.807, 2.05) is 0 Å². The predicted octanol–water partition coefficient (Wildman–Crippen LogP) is 5.10. The van der Waals surface area contributed by atoms with Crippen LogP contribution in [0.15, 0.2) is 6.07 Å². The highest BCUT2D eigenvalue weighted by atomic mass is 14.7. The molecule has 1 aliphatic carbocycles. The summed E-state index contributed by atoms with van der Waals surface area (Å²) in [6.07, 6.45) is 12.4. The fraction of sp³-hybridized carbons (Fsp3) is 0.750. The van der Waals surface area contributed by atoms with Crippen molar-refractivity contribution in [2.75, 3.05) is 0 Å². The van der Waals surface area contributed by atoms with E-state index in [4.69, 9.17) is 0 Å². The van der Waals surface area contributed by atoms with Crippen LogP contribution in [-0.4, -0.2) is 4.98 Å². The van der Waals surface area contributed by atoms with E-state index in [9.17, 15) is 0 Å². The molecule has 0 unspecified atom stereocenters. The molecule has 1 heteroatoms. The van der Waals surface area contributed by atoms with E-state index in [-0.39, 0.29) is 0 Å². The lowest BCUT2D eigenvalue weighted by atomic mass is 9.90. The van der Waals surface area contributed by atoms with Crippen molar-refractivity contribution >= 4 is 0 Å². The Bertz CT molecular complexity index is 337. The Morgan fingerprint density at radius 2 is 1.82 bits per heavy atom. The minimum atomic E-state index is 0.791. The monoisotopic (exact) mass is 233 g/mol. The van der Waals surface area contributed by atoms with Crippen LogP contribution in [0, 0.1) is 6.92 Å². The van der Waals surface area contributed by atoms with Gasteiger partial charge in [0.25, 0.3) is 0 Å². The van der Waals surface area contributed by atoms with E-state index in [0.29, 0.717) is 0 Å². The molecule has 0 saturated carbocycles. The minimum Gasteiger partial charge on any atom is -0.362 e. The highest BCUT2D eigenvalue weighted by molar-refractivity contribution is 5.28. The van der Waals surface area contributed by atoms with Gasteiger partial charge in [-0.25, -0.2) is 0 Å². The van der Waals surface area contributed by atoms with E-state index >= 15 is 0 Å². The third-order valence-corrected chi connectivity index (χ3v) is 4.29. The highest BCUT2D eigenvalue weighted by Crippen LogP contribution is 2.30. The summed E-state index contributed by atoms with van der Waals surface area (Å²) < 4.78 is 0. The van der Waals surface area contributed by atoms with Gasteiger partial charge < -0.3 is 4.98 Å². The lowest BCUT2D eigenvalue weighted by molar-refractivity contribution is 0.523. The highest BCUT2D eigenvalue weighted by Gasteiger charge is 2.15. The van der Waals surface area contributed by atoms with Crippen LogP contribution in [0.5, 0.6) is 0 Å². The van der Waals surface area contributed by atoms with Crippen LogP contribution in [0.1, 0.15) is 81.2 Å². The second kappa shape index (κ2) is 6.28. The first-order valence-corrected chi connectivity index (χ1v) is 7.49. The molecule has 2 bridgehead atoms. The quantitative estimate of drug-likeness (QED) is 0.694. The van der Waals surface area contributed by atoms with Gasteiger partial charge in [-0.2, -0.15) is 0 Å². The van der Waals surface area contributed by atoms with E-state index in [1.54, 1.807) is 5.56 Å². The molecule has 1 nitrogen and oxygen atoms in total. The average molecular weight is 233 g/mol. The van der Waals surface area contributed by atoms with Gasteiger partial charge in [-0.1, -0.05) is 39.0 Å². The number of fused-ring (bicyclic) bond motifs is 2. The molecule has 1 N–H and O–H groups in total. The SMILES string of the molecule is CC[C@@H]1CCCCCCCCc2cc1c(C)[nH]2. The average Bonchev–Trinajstić information content (AvgIpc) is 2.67. The Labute approximate surface area is 106 Å². The summed E-state index contributed by atoms with van der Waals surface area (Å²) in [4.78, 5) is 3.60. The molecule has 0 aromatic carbocycles. The van der Waals surface area contributed by atoms with E-state index in [1.165, 1.54) is 69.2 Å². The summed E-state index contributed by atoms with van der Waals surface area (Å²) >= 11 is 0. The molecule has 0 fully saturated rings. The second-order valence-electron chi connectivity index (χ2n) is 5.64. The molecule has 0 radical (unpaired) electrons. The number of rotatable bonds is 1. The topological polar surface area (TPSA) is 15.8 Å². The maximum Gasteiger partial charge on any atom is 0.0153 e. The van der Waals surface area contributed by atoms with Crippen molar-refractivity contribution in [2.24, 2.45) is 0 Å². The summed E-state index contributed by atoms with van der Waals surface area (Å²) in [5.41, 5.74) is 4.49. The fourth-order valence-electron chi connectivity index (χ4n) is 3.20. The van der Waals surface area contributed by atoms with Gasteiger partial charge in [0.1, 0.15) is 0 Å². The third-order valence-electron chi connectivity index (χ3n) is 4.29. The molecule has 1 aromatic rings. The number of hydrogen-bond acceptors (Lipinski definition) is 0. The van der Waals surface area contributed by atoms with Gasteiger partial charge in [-0.05, 0) is 50.2 Å². The van der Waals surface area contributed by atoms with Gasteiger partial charge >= 0.3 is 0 Å². The molecule has 0 saturated heterocycles. The summed E-state index contributed by atoms with van der Waals surface area (Å²) in [5.74, 6) is 0.791. The predicted molar refractivity (Wildman–Crippen MR) is 74.6 cm³/mol. The molecule has 0 amide bonds. The van der Waals surface area contributed by atoms with Crippen molar-refractivity contribution in [3.05, 3.63) is 23.0 Å². The van der Waals surface area contributed by atoms with Gasteiger partial charge in [0.15, 0.2) is 0 Å². The van der Waals surface area contributed by atoms with Crippen molar-refractivity contribution in [1.82, 2.24) is 4.98 Å². The fourth-order valence-corrected chi connectivity index (χ4v) is 3.20. The van der Waals surface area contributed by atoms with Crippen molar-refractivity contribution in [2.45, 2.75) is 77.6 Å². The first-order valence-electron chi connectivity index (χ1n) is 7.49. The first kappa shape index (κ1) is 12.7. The maximum atomic E-state index is 3.60. The molecule has 0 spiro atoms. The van der Waals surface area contributed by atoms with Crippen molar-refractivity contribution in [3.63, 3.8) is 0 Å². The summed E-state index contributed by atoms with van der Waals surface area (Å²) in [6.45, 7) is 4.59. The zero-order chi connectivity index (χ0) is 12.1. The van der Waals surface area contributed by atoms with Crippen LogP contribution >= 0.6 is 0 Å². The molecule has 17 heavy (non-hydrogen) atoms. The number of aromatic amines is 1. The standard InChI is InChI=1S/C16H27N/c1-3-14-10-8-6-4-5-7-9-11-15-12-16(14)13(2)17-15/h12,14,17H,3-11H2,1-2H3/t14-/m1/s1. The number of aryl methyl sites for hydroxylation is 2. The molecule has 1 atom stereocenters. The van der Waals surface area contributed by atoms with Crippen LogP contribution in [0.2, 0.25) is 0 Å². The minimum absolute atomic E-state index is 0.791. The Morgan fingerprint density at radius 1 is 1.12 bits per heavy atom. The smallest absolute Gasteiger partial charge is 0.0153 e. The van der Waals surface area contributed by atoms with Gasteiger partial charge in [0.2, 0.25) is 0 Å². The zero-order valence-electron chi connectivity index (χ0n) is 11.5. The Hall–Kier alpha value is -0.720. The normalized spacial score (nSPS) is 22.8. The Morgan fingerprint density at radius 3 is 2.59 bits per heavy atom. The van der Waals surface area contributed by atoms with Crippen LogP contribution in [0.3, 0.4) is 0 Å².